The smallest absolute Gasteiger partial charge is 0.493 e. The van der Waals surface area contributed by atoms with Crippen LogP contribution in [0.3, 0.4) is 0 Å². The lowest BCUT2D eigenvalue weighted by Crippen LogP contribution is -2.41. The fraction of sp³-hybridized carbons (Fsp3) is 0.727. The highest BCUT2D eigenvalue weighted by atomic mass is 28.4. The third-order valence-electron chi connectivity index (χ3n) is 6.53. The maximum Gasteiger partial charge on any atom is 0.494 e. The van der Waals surface area contributed by atoms with Gasteiger partial charge in [0.1, 0.15) is 0 Å². The maximum atomic E-state index is 6.23. The molecule has 0 N–H and O–H groups in total. The van der Waals surface area contributed by atoms with E-state index in [-0.39, 0.29) is 16.2 Å². The highest BCUT2D eigenvalue weighted by Crippen LogP contribution is 2.38. The third kappa shape index (κ3) is 5.57. The second kappa shape index (κ2) is 8.61. The molecule has 5 nitrogen and oxygen atoms in total. The molecule has 1 heterocycles. The van der Waals surface area contributed by atoms with Gasteiger partial charge in [-0.2, -0.15) is 0 Å². The van der Waals surface area contributed by atoms with E-state index in [9.17, 15) is 0 Å². The molecule has 0 aliphatic carbocycles. The van der Waals surface area contributed by atoms with Gasteiger partial charge in [0.05, 0.1) is 24.9 Å². The Balaban J connectivity index is 1.98. The molecule has 0 radical (unpaired) electrons. The van der Waals surface area contributed by atoms with Crippen molar-refractivity contribution in [3.8, 4) is 11.5 Å². The Morgan fingerprint density at radius 3 is 2.07 bits per heavy atom. The van der Waals surface area contributed by atoms with Crippen molar-refractivity contribution in [1.29, 1.82) is 0 Å². The highest BCUT2D eigenvalue weighted by molar-refractivity contribution is 6.74. The van der Waals surface area contributed by atoms with Crippen LogP contribution in [0.25, 0.3) is 0 Å². The zero-order valence-corrected chi connectivity index (χ0v) is 21.0. The van der Waals surface area contributed by atoms with Crippen LogP contribution in [0.4, 0.5) is 0 Å². The normalized spacial score (nSPS) is 18.8. The number of ether oxygens (including phenoxy) is 2. The number of rotatable bonds is 8. The molecule has 0 unspecified atom stereocenters. The number of hydrogen-bond donors (Lipinski definition) is 0. The first-order chi connectivity index (χ1) is 13.2. The maximum absolute atomic E-state index is 6.23. The average Bonchev–Trinajstić information content (AvgIpc) is 2.81. The minimum absolute atomic E-state index is 0.217. The Bertz CT molecular complexity index is 681. The first-order valence-electron chi connectivity index (χ1n) is 10.5. The zero-order chi connectivity index (χ0) is 22.1. The van der Waals surface area contributed by atoms with Gasteiger partial charge in [-0.25, -0.2) is 0 Å². The van der Waals surface area contributed by atoms with Crippen LogP contribution in [0, 0.1) is 0 Å². The fourth-order valence-electron chi connectivity index (χ4n) is 2.72. The van der Waals surface area contributed by atoms with E-state index in [4.69, 9.17) is 23.2 Å². The molecule has 2 rings (SSSR count). The van der Waals surface area contributed by atoms with Gasteiger partial charge in [-0.1, -0.05) is 26.8 Å². The predicted octanol–water partition coefficient (Wildman–Crippen LogP) is 4.79. The lowest BCUT2D eigenvalue weighted by molar-refractivity contribution is 0.00578. The van der Waals surface area contributed by atoms with Crippen LogP contribution in [0.1, 0.15) is 54.9 Å². The van der Waals surface area contributed by atoms with Crippen molar-refractivity contribution in [3.05, 3.63) is 18.2 Å². The van der Waals surface area contributed by atoms with E-state index >= 15 is 0 Å². The van der Waals surface area contributed by atoms with Crippen molar-refractivity contribution in [3.63, 3.8) is 0 Å². The number of hydrogen-bond acceptors (Lipinski definition) is 5. The summed E-state index contributed by atoms with van der Waals surface area (Å²) in [6.45, 7) is 20.8. The minimum atomic E-state index is -1.72. The van der Waals surface area contributed by atoms with Gasteiger partial charge in [-0.15, -0.1) is 0 Å². The summed E-state index contributed by atoms with van der Waals surface area (Å²) in [7, 11) is -0.491. The van der Waals surface area contributed by atoms with E-state index in [0.29, 0.717) is 24.7 Å². The van der Waals surface area contributed by atoms with Gasteiger partial charge < -0.3 is 23.2 Å². The Morgan fingerprint density at radius 2 is 1.55 bits per heavy atom. The van der Waals surface area contributed by atoms with E-state index in [2.05, 4.69) is 61.6 Å². The summed E-state index contributed by atoms with van der Waals surface area (Å²) >= 11 is 0. The number of methoxy groups -OCH3 is 1. The molecule has 1 aliphatic rings. The molecular weight excluding hydrogens is 383 g/mol. The summed E-state index contributed by atoms with van der Waals surface area (Å²) in [5.74, 6) is 1.41. The zero-order valence-electron chi connectivity index (χ0n) is 20.0. The number of benzene rings is 1. The van der Waals surface area contributed by atoms with Gasteiger partial charge in [0.25, 0.3) is 0 Å². The van der Waals surface area contributed by atoms with E-state index < -0.39 is 15.4 Å². The molecule has 0 saturated carbocycles. The summed E-state index contributed by atoms with van der Waals surface area (Å²) in [5.41, 5.74) is 0.177. The van der Waals surface area contributed by atoms with E-state index in [1.807, 2.05) is 18.2 Å². The molecule has 1 aromatic rings. The van der Waals surface area contributed by atoms with Crippen LogP contribution in [0.5, 0.6) is 11.5 Å². The lowest BCUT2D eigenvalue weighted by Gasteiger charge is -2.36. The molecule has 7 heteroatoms. The van der Waals surface area contributed by atoms with Gasteiger partial charge in [0.2, 0.25) is 0 Å². The Hall–Kier alpha value is -1.02. The van der Waals surface area contributed by atoms with Crippen LogP contribution in [0.2, 0.25) is 18.1 Å². The molecule has 1 aliphatic heterocycles. The first kappa shape index (κ1) is 24.3. The van der Waals surface area contributed by atoms with E-state index in [1.54, 1.807) is 7.11 Å². The first-order valence-corrected chi connectivity index (χ1v) is 13.4. The third-order valence-corrected chi connectivity index (χ3v) is 11.1. The predicted molar refractivity (Wildman–Crippen MR) is 122 cm³/mol. The molecular formula is C22H39BO5Si. The monoisotopic (exact) mass is 422 g/mol. The molecule has 0 spiro atoms. The summed E-state index contributed by atoms with van der Waals surface area (Å²) in [6, 6.07) is 5.83. The van der Waals surface area contributed by atoms with Crippen molar-refractivity contribution in [1.82, 2.24) is 0 Å². The summed E-state index contributed by atoms with van der Waals surface area (Å²) in [6.07, 6.45) is 0.830. The van der Waals surface area contributed by atoms with Crippen LogP contribution in [-0.4, -0.2) is 47.0 Å². The molecule has 1 saturated heterocycles. The Morgan fingerprint density at radius 1 is 0.966 bits per heavy atom. The standard InChI is InChI=1S/C22H39BO5Si/c1-20(2,3)29(9,10)26-15-11-14-25-19-16-17(12-13-18(19)24-8)23-27-21(4,5)22(6,7)28-23/h12-13,16H,11,14-15H2,1-10H3. The highest BCUT2D eigenvalue weighted by Gasteiger charge is 2.51. The summed E-state index contributed by atoms with van der Waals surface area (Å²) in [4.78, 5) is 0. The Kier molecular flexibility index (Phi) is 7.20. The van der Waals surface area contributed by atoms with Crippen LogP contribution in [0.15, 0.2) is 18.2 Å². The second-order valence-electron chi connectivity index (χ2n) is 10.3. The van der Waals surface area contributed by atoms with Crippen molar-refractivity contribution in [2.75, 3.05) is 20.3 Å². The van der Waals surface area contributed by atoms with Crippen LogP contribution >= 0.6 is 0 Å². The van der Waals surface area contributed by atoms with Gasteiger partial charge in [0, 0.05) is 13.0 Å². The lowest BCUT2D eigenvalue weighted by atomic mass is 9.79. The molecule has 1 fully saturated rings. The van der Waals surface area contributed by atoms with Crippen molar-refractivity contribution in [2.24, 2.45) is 0 Å². The summed E-state index contributed by atoms with van der Waals surface area (Å²) in [5, 5.41) is 0.217. The van der Waals surface area contributed by atoms with Gasteiger partial charge >= 0.3 is 7.12 Å². The van der Waals surface area contributed by atoms with Crippen molar-refractivity contribution >= 4 is 20.9 Å². The quantitative estimate of drug-likeness (QED) is 0.446. The molecule has 1 aromatic carbocycles. The molecule has 164 valence electrons. The van der Waals surface area contributed by atoms with Crippen molar-refractivity contribution < 1.29 is 23.2 Å². The molecule has 29 heavy (non-hydrogen) atoms. The average molecular weight is 422 g/mol. The summed E-state index contributed by atoms with van der Waals surface area (Å²) < 4.78 is 30.0. The fourth-order valence-corrected chi connectivity index (χ4v) is 3.80. The van der Waals surface area contributed by atoms with Crippen LogP contribution < -0.4 is 14.9 Å². The van der Waals surface area contributed by atoms with Gasteiger partial charge in [-0.05, 0) is 63.4 Å². The largest absolute Gasteiger partial charge is 0.494 e. The molecule has 0 bridgehead atoms. The Labute approximate surface area is 178 Å². The van der Waals surface area contributed by atoms with E-state index in [1.165, 1.54) is 0 Å². The SMILES string of the molecule is COc1ccc(B2OC(C)(C)C(C)(C)O2)cc1OCCCO[Si](C)(C)C(C)(C)C. The van der Waals surface area contributed by atoms with Crippen LogP contribution in [-0.2, 0) is 13.7 Å². The van der Waals surface area contributed by atoms with Crippen molar-refractivity contribution in [2.45, 2.75) is 84.2 Å². The van der Waals surface area contributed by atoms with Gasteiger partial charge in [-0.3, -0.25) is 0 Å². The minimum Gasteiger partial charge on any atom is -0.493 e. The van der Waals surface area contributed by atoms with E-state index in [0.717, 1.165) is 11.9 Å². The molecule has 0 amide bonds. The topological polar surface area (TPSA) is 46.2 Å². The molecule has 0 aromatic heterocycles. The second-order valence-corrected chi connectivity index (χ2v) is 15.1. The molecule has 0 atom stereocenters. The van der Waals surface area contributed by atoms with Gasteiger partial charge in [0.15, 0.2) is 19.8 Å².